The Kier molecular flexibility index (Phi) is 6.32. The Balaban J connectivity index is 1.28. The Labute approximate surface area is 199 Å². The van der Waals surface area contributed by atoms with Gasteiger partial charge in [0.05, 0.1) is 27.0 Å². The molecule has 2 saturated heterocycles. The highest BCUT2D eigenvalue weighted by Gasteiger charge is 2.39. The van der Waals surface area contributed by atoms with Crippen molar-refractivity contribution in [2.45, 2.75) is 56.8 Å². The summed E-state index contributed by atoms with van der Waals surface area (Å²) in [6.07, 6.45) is 9.60. The average Bonchev–Trinajstić information content (AvgIpc) is 3.25. The van der Waals surface area contributed by atoms with Crippen molar-refractivity contribution in [1.29, 1.82) is 0 Å². The molecule has 0 spiro atoms. The number of benzene rings is 1. The Morgan fingerprint density at radius 3 is 2.38 bits per heavy atom. The van der Waals surface area contributed by atoms with Crippen LogP contribution >= 0.6 is 0 Å². The van der Waals surface area contributed by atoms with Gasteiger partial charge in [-0.25, -0.2) is 4.98 Å². The fourth-order valence-corrected chi connectivity index (χ4v) is 5.59. The Morgan fingerprint density at radius 2 is 1.76 bits per heavy atom. The van der Waals surface area contributed by atoms with Crippen LogP contribution in [0.5, 0.6) is 17.2 Å². The maximum absolute atomic E-state index is 13.2. The minimum Gasteiger partial charge on any atom is -0.493 e. The van der Waals surface area contributed by atoms with Crippen LogP contribution in [0, 0.1) is 0 Å². The zero-order chi connectivity index (χ0) is 23.7. The number of imidazole rings is 1. The highest BCUT2D eigenvalue weighted by Crippen LogP contribution is 2.39. The topological polar surface area (TPSA) is 77.3 Å². The molecule has 34 heavy (non-hydrogen) atoms. The van der Waals surface area contributed by atoms with Gasteiger partial charge in [-0.15, -0.1) is 0 Å². The number of aromatic nitrogens is 2. The zero-order valence-corrected chi connectivity index (χ0v) is 20.0. The van der Waals surface area contributed by atoms with E-state index in [1.54, 1.807) is 33.5 Å². The Bertz CT molecular complexity index is 1100. The number of nitrogens with one attached hydrogen (secondary N) is 1. The van der Waals surface area contributed by atoms with Crippen LogP contribution in [0.4, 0.5) is 0 Å². The van der Waals surface area contributed by atoms with Gasteiger partial charge in [0.1, 0.15) is 5.65 Å². The first-order valence-electron chi connectivity index (χ1n) is 11.9. The fourth-order valence-electron chi connectivity index (χ4n) is 5.59. The van der Waals surface area contributed by atoms with Gasteiger partial charge < -0.3 is 23.9 Å². The molecule has 8 heteroatoms. The van der Waals surface area contributed by atoms with Gasteiger partial charge in [0.2, 0.25) is 5.75 Å². The van der Waals surface area contributed by atoms with E-state index in [1.807, 2.05) is 24.4 Å². The molecule has 2 aliphatic heterocycles. The van der Waals surface area contributed by atoms with Crippen LogP contribution in [0.15, 0.2) is 42.7 Å². The van der Waals surface area contributed by atoms with Crippen molar-refractivity contribution in [2.75, 3.05) is 21.3 Å². The standard InChI is InChI=1S/C26H32N4O4/c1-32-22-11-17(12-23(33-2)25(22)34-3)26(31)28-18-13-20-7-6-8-21(14-18)30(20)16-19-15-29-10-5-4-9-24(29)27-19/h4-5,9-12,15,18,20-21H,6-8,13-14,16H2,1-3H3,(H,28,31)/t18?,20-,21+. The molecule has 1 aromatic carbocycles. The summed E-state index contributed by atoms with van der Waals surface area (Å²) >= 11 is 0. The minimum atomic E-state index is -0.115. The number of ether oxygens (including phenoxy) is 3. The second kappa shape index (κ2) is 9.54. The second-order valence-corrected chi connectivity index (χ2v) is 9.17. The SMILES string of the molecule is COc1cc(C(=O)NC2C[C@H]3CCC[C@@H](C2)N3Cc2cn3ccccc3n2)cc(OC)c1OC. The number of carbonyl (C=O) groups is 1. The fraction of sp³-hybridized carbons (Fsp3) is 0.462. The first-order valence-corrected chi connectivity index (χ1v) is 11.9. The van der Waals surface area contributed by atoms with E-state index >= 15 is 0 Å². The lowest BCUT2D eigenvalue weighted by Crippen LogP contribution is -2.56. The maximum Gasteiger partial charge on any atom is 0.251 e. The van der Waals surface area contributed by atoms with Gasteiger partial charge in [-0.3, -0.25) is 9.69 Å². The van der Waals surface area contributed by atoms with E-state index in [-0.39, 0.29) is 11.9 Å². The van der Waals surface area contributed by atoms with E-state index in [1.165, 1.54) is 6.42 Å². The molecule has 1 N–H and O–H groups in total. The Morgan fingerprint density at radius 1 is 1.06 bits per heavy atom. The largest absolute Gasteiger partial charge is 0.493 e. The van der Waals surface area contributed by atoms with Crippen molar-refractivity contribution < 1.29 is 19.0 Å². The number of carbonyl (C=O) groups excluding carboxylic acids is 1. The number of fused-ring (bicyclic) bond motifs is 3. The summed E-state index contributed by atoms with van der Waals surface area (Å²) in [5.41, 5.74) is 2.59. The molecule has 2 aliphatic rings. The molecule has 1 amide bonds. The summed E-state index contributed by atoms with van der Waals surface area (Å²) in [5, 5.41) is 3.27. The molecule has 180 valence electrons. The number of piperidine rings is 2. The van der Waals surface area contributed by atoms with Crippen LogP contribution in [-0.2, 0) is 6.54 Å². The number of pyridine rings is 1. The van der Waals surface area contributed by atoms with Crippen LogP contribution in [0.25, 0.3) is 5.65 Å². The molecule has 2 aromatic heterocycles. The molecule has 3 atom stereocenters. The number of amides is 1. The lowest BCUT2D eigenvalue weighted by atomic mass is 9.81. The molecular formula is C26H32N4O4. The zero-order valence-electron chi connectivity index (χ0n) is 20.0. The normalized spacial score (nSPS) is 22.4. The summed E-state index contributed by atoms with van der Waals surface area (Å²) in [6.45, 7) is 0.852. The van der Waals surface area contributed by atoms with E-state index in [0.29, 0.717) is 34.9 Å². The third-order valence-corrected chi connectivity index (χ3v) is 7.15. The van der Waals surface area contributed by atoms with Crippen molar-refractivity contribution >= 4 is 11.6 Å². The van der Waals surface area contributed by atoms with E-state index in [9.17, 15) is 4.79 Å². The highest BCUT2D eigenvalue weighted by molar-refractivity contribution is 5.95. The maximum atomic E-state index is 13.2. The lowest BCUT2D eigenvalue weighted by molar-refractivity contribution is 0.0169. The van der Waals surface area contributed by atoms with Crippen molar-refractivity contribution in [3.05, 3.63) is 54.0 Å². The summed E-state index contributed by atoms with van der Waals surface area (Å²) < 4.78 is 18.3. The van der Waals surface area contributed by atoms with E-state index in [4.69, 9.17) is 19.2 Å². The highest BCUT2D eigenvalue weighted by atomic mass is 16.5. The predicted molar refractivity (Wildman–Crippen MR) is 129 cm³/mol. The number of methoxy groups -OCH3 is 3. The molecule has 1 unspecified atom stereocenters. The molecule has 8 nitrogen and oxygen atoms in total. The van der Waals surface area contributed by atoms with E-state index in [0.717, 1.165) is 43.6 Å². The molecule has 4 heterocycles. The molecule has 5 rings (SSSR count). The summed E-state index contributed by atoms with van der Waals surface area (Å²) in [5.74, 6) is 1.32. The van der Waals surface area contributed by atoms with Crippen LogP contribution in [0.1, 0.15) is 48.2 Å². The summed E-state index contributed by atoms with van der Waals surface area (Å²) in [7, 11) is 4.66. The molecule has 0 radical (unpaired) electrons. The van der Waals surface area contributed by atoms with Crippen LogP contribution in [0.3, 0.4) is 0 Å². The Hall–Kier alpha value is -3.26. The third-order valence-electron chi connectivity index (χ3n) is 7.15. The molecule has 2 bridgehead atoms. The van der Waals surface area contributed by atoms with Crippen molar-refractivity contribution in [3.63, 3.8) is 0 Å². The molecule has 3 aromatic rings. The number of hydrogen-bond donors (Lipinski definition) is 1. The van der Waals surface area contributed by atoms with Crippen molar-refractivity contribution in [1.82, 2.24) is 19.6 Å². The van der Waals surface area contributed by atoms with Gasteiger partial charge in [0.15, 0.2) is 11.5 Å². The lowest BCUT2D eigenvalue weighted by Gasteiger charge is -2.48. The smallest absolute Gasteiger partial charge is 0.251 e. The minimum absolute atomic E-state index is 0.115. The molecular weight excluding hydrogens is 432 g/mol. The molecule has 0 aliphatic carbocycles. The van der Waals surface area contributed by atoms with Gasteiger partial charge in [-0.1, -0.05) is 12.5 Å². The first-order chi connectivity index (χ1) is 16.6. The summed E-state index contributed by atoms with van der Waals surface area (Å²) in [6, 6.07) is 10.5. The van der Waals surface area contributed by atoms with Gasteiger partial charge in [-0.05, 0) is 49.9 Å². The van der Waals surface area contributed by atoms with Crippen LogP contribution in [0.2, 0.25) is 0 Å². The van der Waals surface area contributed by atoms with E-state index in [2.05, 4.69) is 20.8 Å². The van der Waals surface area contributed by atoms with Gasteiger partial charge in [0, 0.05) is 42.6 Å². The monoisotopic (exact) mass is 464 g/mol. The van der Waals surface area contributed by atoms with E-state index < -0.39 is 0 Å². The van der Waals surface area contributed by atoms with Crippen molar-refractivity contribution in [2.24, 2.45) is 0 Å². The first kappa shape index (κ1) is 22.5. The van der Waals surface area contributed by atoms with Gasteiger partial charge in [-0.2, -0.15) is 0 Å². The average molecular weight is 465 g/mol. The predicted octanol–water partition coefficient (Wildman–Crippen LogP) is 3.68. The second-order valence-electron chi connectivity index (χ2n) is 9.17. The number of rotatable bonds is 7. The third kappa shape index (κ3) is 4.30. The van der Waals surface area contributed by atoms with Crippen LogP contribution < -0.4 is 19.5 Å². The van der Waals surface area contributed by atoms with Gasteiger partial charge >= 0.3 is 0 Å². The van der Waals surface area contributed by atoms with Crippen molar-refractivity contribution in [3.8, 4) is 17.2 Å². The molecule has 0 saturated carbocycles. The number of hydrogen-bond acceptors (Lipinski definition) is 6. The quantitative estimate of drug-likeness (QED) is 0.575. The van der Waals surface area contributed by atoms with Crippen LogP contribution in [-0.4, -0.2) is 59.6 Å². The summed E-state index contributed by atoms with van der Waals surface area (Å²) in [4.78, 5) is 20.6. The molecule has 2 fully saturated rings. The number of nitrogens with zero attached hydrogens (tertiary/aromatic N) is 3. The van der Waals surface area contributed by atoms with Gasteiger partial charge in [0.25, 0.3) is 5.91 Å².